The van der Waals surface area contributed by atoms with E-state index in [2.05, 4.69) is 20.5 Å². The van der Waals surface area contributed by atoms with E-state index in [1.165, 1.54) is 24.4 Å². The summed E-state index contributed by atoms with van der Waals surface area (Å²) < 4.78 is 0. The van der Waals surface area contributed by atoms with E-state index in [1.54, 1.807) is 6.20 Å². The Hall–Kier alpha value is -3.61. The van der Waals surface area contributed by atoms with E-state index in [1.807, 2.05) is 30.3 Å². The van der Waals surface area contributed by atoms with E-state index >= 15 is 0 Å². The molecule has 0 aliphatic carbocycles. The molecule has 3 N–H and O–H groups in total. The molecule has 0 radical (unpaired) electrons. The van der Waals surface area contributed by atoms with Crippen molar-refractivity contribution in [3.63, 3.8) is 0 Å². The van der Waals surface area contributed by atoms with Gasteiger partial charge in [-0.05, 0) is 35.9 Å². The molecule has 0 spiro atoms. The van der Waals surface area contributed by atoms with Crippen LogP contribution in [0.25, 0.3) is 10.9 Å². The minimum atomic E-state index is -0.696. The number of hydrogen-bond donors (Lipinski definition) is 2. The van der Waals surface area contributed by atoms with Gasteiger partial charge in [-0.25, -0.2) is 10.4 Å². The van der Waals surface area contributed by atoms with Crippen LogP contribution < -0.4 is 11.2 Å². The molecule has 2 heterocycles. The predicted octanol–water partition coefficient (Wildman–Crippen LogP) is 1.49. The van der Waals surface area contributed by atoms with E-state index in [0.717, 1.165) is 16.5 Å². The number of hydrogen-bond acceptors (Lipinski definition) is 5. The van der Waals surface area contributed by atoms with Crippen LogP contribution in [0.1, 0.15) is 26.5 Å². The summed E-state index contributed by atoms with van der Waals surface area (Å²) in [5.41, 5.74) is 9.28. The zero-order valence-corrected chi connectivity index (χ0v) is 12.5. The van der Waals surface area contributed by atoms with Gasteiger partial charge in [0, 0.05) is 11.6 Å². The van der Waals surface area contributed by atoms with E-state index in [4.69, 9.17) is 5.73 Å². The molecule has 0 unspecified atom stereocenters. The standard InChI is InChI=1S/C17H13N5O2/c18-16(23)14-4-1-5-15(21-14)17(24)22-20-10-11-6-7-13-12(9-11)3-2-8-19-13/h1-10H,(H2,18,23)(H,22,24)/b20-10+. The Morgan fingerprint density at radius 3 is 2.75 bits per heavy atom. The monoisotopic (exact) mass is 319 g/mol. The second-order valence-electron chi connectivity index (χ2n) is 4.93. The summed E-state index contributed by atoms with van der Waals surface area (Å²) in [6.45, 7) is 0. The SMILES string of the molecule is NC(=O)c1cccc(C(=O)N/N=C/c2ccc3ncccc3c2)n1. The van der Waals surface area contributed by atoms with Crippen molar-refractivity contribution >= 4 is 28.9 Å². The first-order valence-electron chi connectivity index (χ1n) is 7.08. The molecule has 1 aromatic carbocycles. The van der Waals surface area contributed by atoms with Crippen LogP contribution in [0.4, 0.5) is 0 Å². The average Bonchev–Trinajstić information content (AvgIpc) is 2.61. The molecule has 2 aromatic heterocycles. The van der Waals surface area contributed by atoms with Crippen LogP contribution in [0.2, 0.25) is 0 Å². The molecular weight excluding hydrogens is 306 g/mol. The first-order chi connectivity index (χ1) is 11.6. The van der Waals surface area contributed by atoms with E-state index in [0.29, 0.717) is 0 Å². The van der Waals surface area contributed by atoms with Crippen LogP contribution in [-0.2, 0) is 0 Å². The second kappa shape index (κ2) is 6.66. The van der Waals surface area contributed by atoms with Crippen molar-refractivity contribution in [3.8, 4) is 0 Å². The predicted molar refractivity (Wildman–Crippen MR) is 89.6 cm³/mol. The number of benzene rings is 1. The third-order valence-corrected chi connectivity index (χ3v) is 3.24. The van der Waals surface area contributed by atoms with Crippen molar-refractivity contribution in [1.82, 2.24) is 15.4 Å². The highest BCUT2D eigenvalue weighted by molar-refractivity contribution is 5.96. The van der Waals surface area contributed by atoms with Gasteiger partial charge in [0.15, 0.2) is 0 Å². The number of carbonyl (C=O) groups is 2. The fraction of sp³-hybridized carbons (Fsp3) is 0. The first kappa shape index (κ1) is 15.3. The summed E-state index contributed by atoms with van der Waals surface area (Å²) in [6.07, 6.45) is 3.24. The molecule has 0 saturated heterocycles. The smallest absolute Gasteiger partial charge is 0.289 e. The lowest BCUT2D eigenvalue weighted by Gasteiger charge is -2.01. The molecule has 118 valence electrons. The van der Waals surface area contributed by atoms with Gasteiger partial charge >= 0.3 is 0 Å². The molecule has 0 aliphatic heterocycles. The Labute approximate surface area is 137 Å². The third-order valence-electron chi connectivity index (χ3n) is 3.24. The van der Waals surface area contributed by atoms with E-state index in [-0.39, 0.29) is 11.4 Å². The lowest BCUT2D eigenvalue weighted by Crippen LogP contribution is -2.21. The first-order valence-corrected chi connectivity index (χ1v) is 7.08. The number of nitrogens with one attached hydrogen (secondary N) is 1. The van der Waals surface area contributed by atoms with E-state index < -0.39 is 11.8 Å². The number of hydrazone groups is 1. The van der Waals surface area contributed by atoms with E-state index in [9.17, 15) is 9.59 Å². The summed E-state index contributed by atoms with van der Waals surface area (Å²) in [5.74, 6) is -1.23. The van der Waals surface area contributed by atoms with Gasteiger partial charge in [0.05, 0.1) is 11.7 Å². The van der Waals surface area contributed by atoms with Crippen LogP contribution in [0, 0.1) is 0 Å². The number of nitrogens with zero attached hydrogens (tertiary/aromatic N) is 3. The van der Waals surface area contributed by atoms with Gasteiger partial charge in [0.2, 0.25) is 0 Å². The van der Waals surface area contributed by atoms with Crippen molar-refractivity contribution in [2.75, 3.05) is 0 Å². The Kier molecular flexibility index (Phi) is 4.24. The number of rotatable bonds is 4. The molecule has 3 aromatic rings. The maximum absolute atomic E-state index is 12.0. The number of pyridine rings is 2. The maximum atomic E-state index is 12.0. The third kappa shape index (κ3) is 3.41. The van der Waals surface area contributed by atoms with Gasteiger partial charge in [0.25, 0.3) is 11.8 Å². The number of primary amides is 1. The van der Waals surface area contributed by atoms with Gasteiger partial charge in [-0.3, -0.25) is 14.6 Å². The molecule has 0 atom stereocenters. The zero-order valence-electron chi connectivity index (χ0n) is 12.5. The fourth-order valence-corrected chi connectivity index (χ4v) is 2.10. The van der Waals surface area contributed by atoms with Crippen molar-refractivity contribution in [2.45, 2.75) is 0 Å². The van der Waals surface area contributed by atoms with Gasteiger partial charge in [-0.15, -0.1) is 0 Å². The molecule has 7 nitrogen and oxygen atoms in total. The molecule has 7 heteroatoms. The van der Waals surface area contributed by atoms with Crippen LogP contribution in [0.5, 0.6) is 0 Å². The van der Waals surface area contributed by atoms with Gasteiger partial charge < -0.3 is 5.73 Å². The lowest BCUT2D eigenvalue weighted by molar-refractivity contribution is 0.0950. The van der Waals surface area contributed by atoms with Crippen molar-refractivity contribution in [2.24, 2.45) is 10.8 Å². The van der Waals surface area contributed by atoms with Crippen LogP contribution in [0.15, 0.2) is 59.8 Å². The highest BCUT2D eigenvalue weighted by Crippen LogP contribution is 2.11. The Balaban J connectivity index is 1.71. The number of nitrogens with two attached hydrogens (primary N) is 1. The summed E-state index contributed by atoms with van der Waals surface area (Å²) in [4.78, 5) is 31.2. The molecule has 0 bridgehead atoms. The van der Waals surface area contributed by atoms with Crippen molar-refractivity contribution in [3.05, 3.63) is 71.7 Å². The van der Waals surface area contributed by atoms with Crippen LogP contribution in [0.3, 0.4) is 0 Å². The number of aromatic nitrogens is 2. The topological polar surface area (TPSA) is 110 Å². The van der Waals surface area contributed by atoms with Crippen LogP contribution in [-0.4, -0.2) is 28.0 Å². The minimum absolute atomic E-state index is 0.0219. The Bertz CT molecular complexity index is 952. The largest absolute Gasteiger partial charge is 0.364 e. The number of fused-ring (bicyclic) bond motifs is 1. The normalized spacial score (nSPS) is 10.8. The molecule has 0 aliphatic rings. The molecule has 3 rings (SSSR count). The minimum Gasteiger partial charge on any atom is -0.364 e. The molecule has 0 saturated carbocycles. The number of amides is 2. The molecule has 24 heavy (non-hydrogen) atoms. The van der Waals surface area contributed by atoms with Gasteiger partial charge in [-0.2, -0.15) is 5.10 Å². The summed E-state index contributed by atoms with van der Waals surface area (Å²) in [7, 11) is 0. The second-order valence-corrected chi connectivity index (χ2v) is 4.93. The van der Waals surface area contributed by atoms with Gasteiger partial charge in [0.1, 0.15) is 11.4 Å². The fourth-order valence-electron chi connectivity index (χ4n) is 2.10. The van der Waals surface area contributed by atoms with Crippen molar-refractivity contribution in [1.29, 1.82) is 0 Å². The lowest BCUT2D eigenvalue weighted by atomic mass is 10.1. The molecule has 2 amide bonds. The zero-order chi connectivity index (χ0) is 16.9. The highest BCUT2D eigenvalue weighted by atomic mass is 16.2. The van der Waals surface area contributed by atoms with Gasteiger partial charge in [-0.1, -0.05) is 18.2 Å². The Morgan fingerprint density at radius 2 is 1.92 bits per heavy atom. The van der Waals surface area contributed by atoms with Crippen molar-refractivity contribution < 1.29 is 9.59 Å². The summed E-state index contributed by atoms with van der Waals surface area (Å²) in [6, 6.07) is 13.9. The maximum Gasteiger partial charge on any atom is 0.289 e. The summed E-state index contributed by atoms with van der Waals surface area (Å²) >= 11 is 0. The average molecular weight is 319 g/mol. The molecular formula is C17H13N5O2. The number of carbonyl (C=O) groups excluding carboxylic acids is 2. The quantitative estimate of drug-likeness (QED) is 0.560. The highest BCUT2D eigenvalue weighted by Gasteiger charge is 2.09. The molecule has 0 fully saturated rings. The van der Waals surface area contributed by atoms with Crippen LogP contribution >= 0.6 is 0 Å². The summed E-state index contributed by atoms with van der Waals surface area (Å²) in [5, 5.41) is 4.87. The Morgan fingerprint density at radius 1 is 1.08 bits per heavy atom.